The van der Waals surface area contributed by atoms with E-state index in [1.54, 1.807) is 33.3 Å². The highest BCUT2D eigenvalue weighted by Crippen LogP contribution is 2.38. The Balaban J connectivity index is 2.09. The summed E-state index contributed by atoms with van der Waals surface area (Å²) in [5, 5.41) is 0. The van der Waals surface area contributed by atoms with Gasteiger partial charge in [0.1, 0.15) is 0 Å². The van der Waals surface area contributed by atoms with E-state index in [1.165, 1.54) is 0 Å². The Morgan fingerprint density at radius 3 is 2.00 bits per heavy atom. The largest absolute Gasteiger partial charge is 0.493 e. The monoisotopic (exact) mass is 343 g/mol. The van der Waals surface area contributed by atoms with E-state index < -0.39 is 0 Å². The number of carbonyl (C=O) groups is 1. The van der Waals surface area contributed by atoms with Gasteiger partial charge in [-0.2, -0.15) is 0 Å². The number of hydrogen-bond donors (Lipinski definition) is 0. The maximum Gasteiger partial charge on any atom is 0.253 e. The Kier molecular flexibility index (Phi) is 6.28. The third-order valence-corrected chi connectivity index (χ3v) is 4.11. The number of carbonyl (C=O) groups excluding carboxylic acids is 1. The summed E-state index contributed by atoms with van der Waals surface area (Å²) >= 11 is 0. The van der Waals surface area contributed by atoms with Crippen molar-refractivity contribution in [3.05, 3.63) is 53.1 Å². The molecule has 0 bridgehead atoms. The summed E-state index contributed by atoms with van der Waals surface area (Å²) in [6.07, 6.45) is 0.685. The molecule has 0 saturated heterocycles. The molecule has 0 fully saturated rings. The van der Waals surface area contributed by atoms with Gasteiger partial charge in [-0.1, -0.05) is 17.7 Å². The van der Waals surface area contributed by atoms with Gasteiger partial charge in [0.05, 0.1) is 21.3 Å². The van der Waals surface area contributed by atoms with Gasteiger partial charge >= 0.3 is 0 Å². The highest BCUT2D eigenvalue weighted by molar-refractivity contribution is 5.94. The van der Waals surface area contributed by atoms with Crippen LogP contribution in [-0.2, 0) is 6.42 Å². The molecule has 0 radical (unpaired) electrons. The zero-order chi connectivity index (χ0) is 18.4. The van der Waals surface area contributed by atoms with E-state index in [-0.39, 0.29) is 5.91 Å². The molecule has 0 atom stereocenters. The third kappa shape index (κ3) is 4.44. The van der Waals surface area contributed by atoms with Crippen LogP contribution in [0.25, 0.3) is 0 Å². The summed E-state index contributed by atoms with van der Waals surface area (Å²) in [6.45, 7) is 2.59. The number of likely N-dealkylation sites (N-methyl/N-ethyl adjacent to an activating group) is 1. The number of aryl methyl sites for hydroxylation is 1. The molecule has 2 aromatic rings. The number of nitrogens with zero attached hydrogens (tertiary/aromatic N) is 1. The van der Waals surface area contributed by atoms with Crippen LogP contribution >= 0.6 is 0 Å². The van der Waals surface area contributed by atoms with Crippen molar-refractivity contribution in [3.63, 3.8) is 0 Å². The van der Waals surface area contributed by atoms with E-state index in [2.05, 4.69) is 0 Å². The Morgan fingerprint density at radius 2 is 1.52 bits per heavy atom. The first-order valence-corrected chi connectivity index (χ1v) is 8.11. The highest BCUT2D eigenvalue weighted by atomic mass is 16.5. The molecule has 2 rings (SSSR count). The van der Waals surface area contributed by atoms with Gasteiger partial charge in [0.25, 0.3) is 5.91 Å². The zero-order valence-corrected chi connectivity index (χ0v) is 15.5. The molecule has 134 valence electrons. The van der Waals surface area contributed by atoms with Crippen LogP contribution in [0, 0.1) is 6.92 Å². The first-order chi connectivity index (χ1) is 12.0. The Bertz CT molecular complexity index is 700. The smallest absolute Gasteiger partial charge is 0.253 e. The lowest BCUT2D eigenvalue weighted by Gasteiger charge is -2.19. The number of rotatable bonds is 7. The van der Waals surface area contributed by atoms with Crippen molar-refractivity contribution in [1.29, 1.82) is 0 Å². The van der Waals surface area contributed by atoms with Gasteiger partial charge in [0.15, 0.2) is 11.5 Å². The maximum absolute atomic E-state index is 12.5. The van der Waals surface area contributed by atoms with Crippen molar-refractivity contribution < 1.29 is 19.0 Å². The van der Waals surface area contributed by atoms with Crippen LogP contribution in [0.4, 0.5) is 0 Å². The molecule has 0 spiro atoms. The summed E-state index contributed by atoms with van der Waals surface area (Å²) in [7, 11) is 6.57. The number of amides is 1. The molecule has 0 unspecified atom stereocenters. The van der Waals surface area contributed by atoms with Gasteiger partial charge in [0, 0.05) is 19.2 Å². The van der Waals surface area contributed by atoms with Gasteiger partial charge in [-0.25, -0.2) is 0 Å². The van der Waals surface area contributed by atoms with E-state index >= 15 is 0 Å². The fraction of sp³-hybridized carbons (Fsp3) is 0.350. The van der Waals surface area contributed by atoms with Crippen molar-refractivity contribution in [2.45, 2.75) is 13.3 Å². The molecule has 0 aliphatic carbocycles. The van der Waals surface area contributed by atoms with Crippen LogP contribution in [-0.4, -0.2) is 45.7 Å². The summed E-state index contributed by atoms with van der Waals surface area (Å²) in [4.78, 5) is 14.2. The average Bonchev–Trinajstić information content (AvgIpc) is 2.64. The predicted molar refractivity (Wildman–Crippen MR) is 97.9 cm³/mol. The van der Waals surface area contributed by atoms with Crippen LogP contribution < -0.4 is 14.2 Å². The summed E-state index contributed by atoms with van der Waals surface area (Å²) < 4.78 is 16.1. The van der Waals surface area contributed by atoms with Crippen LogP contribution in [0.15, 0.2) is 36.4 Å². The lowest BCUT2D eigenvalue weighted by molar-refractivity contribution is 0.0796. The van der Waals surface area contributed by atoms with Gasteiger partial charge in [-0.15, -0.1) is 0 Å². The van der Waals surface area contributed by atoms with E-state index in [1.807, 2.05) is 43.3 Å². The minimum atomic E-state index is 0.00689. The van der Waals surface area contributed by atoms with E-state index in [9.17, 15) is 4.79 Å². The molecule has 0 aromatic heterocycles. The van der Waals surface area contributed by atoms with Gasteiger partial charge in [0.2, 0.25) is 5.75 Å². The molecule has 0 heterocycles. The molecule has 5 heteroatoms. The Hall–Kier alpha value is -2.69. The van der Waals surface area contributed by atoms with E-state index in [0.29, 0.717) is 35.8 Å². The standard InChI is InChI=1S/C20H25NO4/c1-14-6-8-16(9-7-14)20(22)21(2)11-10-15-12-17(23-3)19(25-5)18(13-15)24-4/h6-9,12-13H,10-11H2,1-5H3. The highest BCUT2D eigenvalue weighted by Gasteiger charge is 2.15. The molecule has 5 nitrogen and oxygen atoms in total. The average molecular weight is 343 g/mol. The first kappa shape index (κ1) is 18.6. The second-order valence-corrected chi connectivity index (χ2v) is 5.88. The zero-order valence-electron chi connectivity index (χ0n) is 15.5. The number of methoxy groups -OCH3 is 3. The molecular formula is C20H25NO4. The second kappa shape index (κ2) is 8.42. The predicted octanol–water partition coefficient (Wildman–Crippen LogP) is 3.34. The van der Waals surface area contributed by atoms with Gasteiger partial charge < -0.3 is 19.1 Å². The normalized spacial score (nSPS) is 10.3. The lowest BCUT2D eigenvalue weighted by Crippen LogP contribution is -2.28. The minimum absolute atomic E-state index is 0.00689. The summed E-state index contributed by atoms with van der Waals surface area (Å²) in [6, 6.07) is 11.4. The molecule has 0 saturated carbocycles. The molecule has 1 amide bonds. The molecule has 0 aliphatic heterocycles. The van der Waals surface area contributed by atoms with Gasteiger partial charge in [-0.05, 0) is 43.2 Å². The van der Waals surface area contributed by atoms with Crippen molar-refractivity contribution in [2.24, 2.45) is 0 Å². The topological polar surface area (TPSA) is 48.0 Å². The van der Waals surface area contributed by atoms with Crippen LogP contribution in [0.1, 0.15) is 21.5 Å². The van der Waals surface area contributed by atoms with Crippen LogP contribution in [0.3, 0.4) is 0 Å². The van der Waals surface area contributed by atoms with Crippen molar-refractivity contribution in [1.82, 2.24) is 4.90 Å². The SMILES string of the molecule is COc1cc(CCN(C)C(=O)c2ccc(C)cc2)cc(OC)c1OC. The lowest BCUT2D eigenvalue weighted by atomic mass is 10.1. The molecule has 25 heavy (non-hydrogen) atoms. The van der Waals surface area contributed by atoms with Crippen molar-refractivity contribution in [3.8, 4) is 17.2 Å². The van der Waals surface area contributed by atoms with E-state index in [0.717, 1.165) is 11.1 Å². The number of benzene rings is 2. The maximum atomic E-state index is 12.5. The first-order valence-electron chi connectivity index (χ1n) is 8.11. The minimum Gasteiger partial charge on any atom is -0.493 e. The molecular weight excluding hydrogens is 318 g/mol. The fourth-order valence-corrected chi connectivity index (χ4v) is 2.59. The molecule has 0 aliphatic rings. The van der Waals surface area contributed by atoms with Gasteiger partial charge in [-0.3, -0.25) is 4.79 Å². The van der Waals surface area contributed by atoms with Crippen molar-refractivity contribution in [2.75, 3.05) is 34.9 Å². The van der Waals surface area contributed by atoms with E-state index in [4.69, 9.17) is 14.2 Å². The molecule has 0 N–H and O–H groups in total. The molecule has 2 aromatic carbocycles. The number of ether oxygens (including phenoxy) is 3. The Morgan fingerprint density at radius 1 is 0.960 bits per heavy atom. The quantitative estimate of drug-likeness (QED) is 0.774. The summed E-state index contributed by atoms with van der Waals surface area (Å²) in [5.74, 6) is 1.80. The van der Waals surface area contributed by atoms with Crippen LogP contribution in [0.2, 0.25) is 0 Å². The summed E-state index contributed by atoms with van der Waals surface area (Å²) in [5.41, 5.74) is 2.84. The number of hydrogen-bond acceptors (Lipinski definition) is 4. The van der Waals surface area contributed by atoms with Crippen LogP contribution in [0.5, 0.6) is 17.2 Å². The third-order valence-electron chi connectivity index (χ3n) is 4.11. The second-order valence-electron chi connectivity index (χ2n) is 5.88. The fourth-order valence-electron chi connectivity index (χ4n) is 2.59. The Labute approximate surface area is 149 Å². The van der Waals surface area contributed by atoms with Crippen molar-refractivity contribution >= 4 is 5.91 Å².